The molecule has 0 fully saturated rings. The van der Waals surface area contributed by atoms with E-state index in [1.165, 1.54) is 50.8 Å². The lowest BCUT2D eigenvalue weighted by molar-refractivity contribution is 0.620. The van der Waals surface area contributed by atoms with Gasteiger partial charge in [-0.05, 0) is 19.1 Å². The van der Waals surface area contributed by atoms with Crippen LogP contribution in [0.15, 0.2) is 18.3 Å². The Hall–Kier alpha value is -0.920. The highest BCUT2D eigenvalue weighted by molar-refractivity contribution is 5.02. The molecule has 0 saturated heterocycles. The van der Waals surface area contributed by atoms with Gasteiger partial charge in [0, 0.05) is 5.69 Å². The number of unbranched alkanes of at least 4 members (excludes halogenated alkanes) is 5. The summed E-state index contributed by atoms with van der Waals surface area (Å²) in [6.07, 6.45) is 9.69. The van der Waals surface area contributed by atoms with Gasteiger partial charge in [0.2, 0.25) is 0 Å². The fourth-order valence-corrected chi connectivity index (χ4v) is 1.30. The van der Waals surface area contributed by atoms with Gasteiger partial charge in [0.05, 0.1) is 6.20 Å². The molecule has 92 valence electrons. The van der Waals surface area contributed by atoms with Gasteiger partial charge in [-0.15, -0.1) is 0 Å². The zero-order valence-electron chi connectivity index (χ0n) is 10.8. The monoisotopic (exact) mass is 225 g/mol. The van der Waals surface area contributed by atoms with Crippen molar-refractivity contribution in [1.82, 2.24) is 4.98 Å². The molecule has 0 aliphatic carbocycles. The normalized spacial score (nSPS) is 9.50. The van der Waals surface area contributed by atoms with Crippen LogP contribution in [0.1, 0.15) is 58.1 Å². The fourth-order valence-electron chi connectivity index (χ4n) is 1.30. The van der Waals surface area contributed by atoms with Crippen LogP contribution in [0.5, 0.6) is 0 Å². The lowest BCUT2D eigenvalue weighted by atomic mass is 10.1. The molecule has 1 nitrogen and oxygen atoms in total. The molecule has 2 heteroatoms. The minimum Gasteiger partial charge on any atom is -0.259 e. The molecule has 0 amide bonds. The summed E-state index contributed by atoms with van der Waals surface area (Å²) in [7, 11) is 0. The van der Waals surface area contributed by atoms with E-state index in [2.05, 4.69) is 18.8 Å². The Morgan fingerprint density at radius 3 is 1.88 bits per heavy atom. The van der Waals surface area contributed by atoms with E-state index in [1.54, 1.807) is 6.07 Å². The van der Waals surface area contributed by atoms with Crippen molar-refractivity contribution in [3.8, 4) is 0 Å². The summed E-state index contributed by atoms with van der Waals surface area (Å²) in [5.74, 6) is -0.282. The third kappa shape index (κ3) is 9.63. The molecule has 0 unspecified atom stereocenters. The first-order valence-corrected chi connectivity index (χ1v) is 6.28. The minimum atomic E-state index is -0.282. The number of aromatic nitrogens is 1. The van der Waals surface area contributed by atoms with Crippen LogP contribution in [-0.2, 0) is 0 Å². The summed E-state index contributed by atoms with van der Waals surface area (Å²) in [6, 6.07) is 3.03. The second-order valence-corrected chi connectivity index (χ2v) is 4.03. The highest BCUT2D eigenvalue weighted by atomic mass is 19.1. The van der Waals surface area contributed by atoms with Gasteiger partial charge in [-0.1, -0.05) is 52.4 Å². The second-order valence-electron chi connectivity index (χ2n) is 4.03. The van der Waals surface area contributed by atoms with Crippen LogP contribution in [0.4, 0.5) is 4.39 Å². The number of nitrogens with zero attached hydrogens (tertiary/aromatic N) is 1. The van der Waals surface area contributed by atoms with Crippen LogP contribution in [0, 0.1) is 12.7 Å². The Labute approximate surface area is 99.1 Å². The van der Waals surface area contributed by atoms with Gasteiger partial charge >= 0.3 is 0 Å². The summed E-state index contributed by atoms with van der Waals surface area (Å²) < 4.78 is 12.0. The first-order valence-electron chi connectivity index (χ1n) is 6.28. The van der Waals surface area contributed by atoms with E-state index in [0.29, 0.717) is 0 Å². The Bertz CT molecular complexity index is 216. The van der Waals surface area contributed by atoms with E-state index in [-0.39, 0.29) is 5.82 Å². The SMILES string of the molecule is CCCCCCCC.Cc1ccc(F)cn1. The lowest BCUT2D eigenvalue weighted by Crippen LogP contribution is -1.79. The molecule has 16 heavy (non-hydrogen) atoms. The van der Waals surface area contributed by atoms with Crippen LogP contribution in [0.25, 0.3) is 0 Å². The number of hydrogen-bond donors (Lipinski definition) is 0. The maximum absolute atomic E-state index is 12.0. The Balaban J connectivity index is 0.000000281. The Kier molecular flexibility index (Phi) is 9.98. The van der Waals surface area contributed by atoms with E-state index in [4.69, 9.17) is 0 Å². The van der Waals surface area contributed by atoms with Crippen LogP contribution in [-0.4, -0.2) is 4.98 Å². The third-order valence-corrected chi connectivity index (χ3v) is 2.33. The number of halogens is 1. The molecule has 0 aromatic carbocycles. The van der Waals surface area contributed by atoms with E-state index < -0.39 is 0 Å². The molecular weight excluding hydrogens is 201 g/mol. The van der Waals surface area contributed by atoms with Crippen LogP contribution >= 0.6 is 0 Å². The van der Waals surface area contributed by atoms with Crippen molar-refractivity contribution >= 4 is 0 Å². The van der Waals surface area contributed by atoms with Crippen molar-refractivity contribution in [3.05, 3.63) is 29.8 Å². The summed E-state index contributed by atoms with van der Waals surface area (Å²) in [6.45, 7) is 6.33. The van der Waals surface area contributed by atoms with Gasteiger partial charge in [-0.25, -0.2) is 4.39 Å². The van der Waals surface area contributed by atoms with Crippen molar-refractivity contribution in [3.63, 3.8) is 0 Å². The number of rotatable bonds is 5. The Morgan fingerprint density at radius 2 is 1.56 bits per heavy atom. The van der Waals surface area contributed by atoms with Crippen molar-refractivity contribution in [2.75, 3.05) is 0 Å². The number of aryl methyl sites for hydroxylation is 1. The van der Waals surface area contributed by atoms with Crippen molar-refractivity contribution in [2.24, 2.45) is 0 Å². The molecule has 0 bridgehead atoms. The van der Waals surface area contributed by atoms with Gasteiger partial charge in [-0.2, -0.15) is 0 Å². The molecule has 1 heterocycles. The Morgan fingerprint density at radius 1 is 1.00 bits per heavy atom. The number of hydrogen-bond acceptors (Lipinski definition) is 1. The van der Waals surface area contributed by atoms with Gasteiger partial charge in [-0.3, -0.25) is 4.98 Å². The van der Waals surface area contributed by atoms with Gasteiger partial charge in [0.1, 0.15) is 5.82 Å². The topological polar surface area (TPSA) is 12.9 Å². The van der Waals surface area contributed by atoms with Crippen molar-refractivity contribution < 1.29 is 4.39 Å². The van der Waals surface area contributed by atoms with Gasteiger partial charge in [0.25, 0.3) is 0 Å². The molecule has 0 aliphatic heterocycles. The van der Waals surface area contributed by atoms with Crippen molar-refractivity contribution in [2.45, 2.75) is 59.3 Å². The summed E-state index contributed by atoms with van der Waals surface area (Å²) >= 11 is 0. The largest absolute Gasteiger partial charge is 0.259 e. The molecule has 0 aliphatic rings. The molecule has 0 atom stereocenters. The predicted molar refractivity (Wildman–Crippen MR) is 68.0 cm³/mol. The molecular formula is C14H24FN. The summed E-state index contributed by atoms with van der Waals surface area (Å²) in [5.41, 5.74) is 0.839. The molecule has 0 spiro atoms. The maximum atomic E-state index is 12.0. The highest BCUT2D eigenvalue weighted by Gasteiger charge is 1.85. The molecule has 1 aromatic rings. The van der Waals surface area contributed by atoms with E-state index in [0.717, 1.165) is 5.69 Å². The highest BCUT2D eigenvalue weighted by Crippen LogP contribution is 2.03. The number of pyridine rings is 1. The van der Waals surface area contributed by atoms with Crippen LogP contribution < -0.4 is 0 Å². The van der Waals surface area contributed by atoms with Crippen LogP contribution in [0.2, 0.25) is 0 Å². The zero-order chi connectivity index (χ0) is 12.2. The van der Waals surface area contributed by atoms with E-state index >= 15 is 0 Å². The first-order chi connectivity index (χ1) is 7.70. The minimum absolute atomic E-state index is 0.282. The third-order valence-electron chi connectivity index (χ3n) is 2.33. The van der Waals surface area contributed by atoms with Crippen LogP contribution in [0.3, 0.4) is 0 Å². The molecule has 0 saturated carbocycles. The zero-order valence-corrected chi connectivity index (χ0v) is 10.8. The molecule has 0 N–H and O–H groups in total. The van der Waals surface area contributed by atoms with E-state index in [9.17, 15) is 4.39 Å². The average Bonchev–Trinajstić information content (AvgIpc) is 2.30. The van der Waals surface area contributed by atoms with Crippen molar-refractivity contribution in [1.29, 1.82) is 0 Å². The second kappa shape index (κ2) is 10.6. The smallest absolute Gasteiger partial charge is 0.141 e. The average molecular weight is 225 g/mol. The maximum Gasteiger partial charge on any atom is 0.141 e. The molecule has 1 rings (SSSR count). The van der Waals surface area contributed by atoms with Gasteiger partial charge < -0.3 is 0 Å². The standard InChI is InChI=1S/C8H18.C6H6FN/c1-3-5-7-8-6-4-2;1-5-2-3-6(7)4-8-5/h3-8H2,1-2H3;2-4H,1H3. The summed E-state index contributed by atoms with van der Waals surface area (Å²) in [5, 5.41) is 0. The molecule has 0 radical (unpaired) electrons. The summed E-state index contributed by atoms with van der Waals surface area (Å²) in [4.78, 5) is 3.70. The predicted octanol–water partition coefficient (Wildman–Crippen LogP) is 4.90. The lowest BCUT2D eigenvalue weighted by Gasteiger charge is -1.93. The first kappa shape index (κ1) is 15.1. The van der Waals surface area contributed by atoms with E-state index in [1.807, 2.05) is 6.92 Å². The fraction of sp³-hybridized carbons (Fsp3) is 0.643. The quantitative estimate of drug-likeness (QED) is 0.650. The van der Waals surface area contributed by atoms with Gasteiger partial charge in [0.15, 0.2) is 0 Å². The molecule has 1 aromatic heterocycles.